The smallest absolute Gasteiger partial charge is 0.417 e. The Bertz CT molecular complexity index is 681. The van der Waals surface area contributed by atoms with Crippen LogP contribution in [0, 0.1) is 6.92 Å². The van der Waals surface area contributed by atoms with Crippen LogP contribution in [-0.4, -0.2) is 11.1 Å². The number of aryl methyl sites for hydroxylation is 1. The van der Waals surface area contributed by atoms with E-state index < -0.39 is 23.3 Å². The molecule has 0 unspecified atom stereocenters. The molecule has 0 aromatic heterocycles. The van der Waals surface area contributed by atoms with Crippen molar-refractivity contribution in [1.29, 1.82) is 0 Å². The Hall–Kier alpha value is -1.95. The van der Waals surface area contributed by atoms with E-state index in [4.69, 9.17) is 5.11 Å². The maximum Gasteiger partial charge on any atom is 0.417 e. The molecule has 0 spiro atoms. The Morgan fingerprint density at radius 2 is 1.76 bits per heavy atom. The minimum Gasteiger partial charge on any atom is -0.478 e. The zero-order chi connectivity index (χ0) is 15.6. The van der Waals surface area contributed by atoms with Gasteiger partial charge >= 0.3 is 12.1 Å². The zero-order valence-corrected chi connectivity index (χ0v) is 11.8. The number of benzene rings is 2. The average Bonchev–Trinajstić information content (AvgIpc) is 2.37. The van der Waals surface area contributed by atoms with Crippen LogP contribution in [0.4, 0.5) is 13.2 Å². The van der Waals surface area contributed by atoms with Crippen molar-refractivity contribution in [3.05, 3.63) is 59.2 Å². The van der Waals surface area contributed by atoms with Gasteiger partial charge in [-0.3, -0.25) is 0 Å². The first-order valence-corrected chi connectivity index (χ1v) is 6.78. The first-order chi connectivity index (χ1) is 9.77. The average molecular weight is 312 g/mol. The van der Waals surface area contributed by atoms with Gasteiger partial charge in [0.25, 0.3) is 0 Å². The van der Waals surface area contributed by atoms with Crippen molar-refractivity contribution in [3.8, 4) is 0 Å². The fourth-order valence-electron chi connectivity index (χ4n) is 1.83. The van der Waals surface area contributed by atoms with Crippen LogP contribution in [0.5, 0.6) is 0 Å². The second-order valence-corrected chi connectivity index (χ2v) is 5.58. The molecule has 0 fully saturated rings. The first kappa shape index (κ1) is 15.4. The molecule has 0 aliphatic heterocycles. The van der Waals surface area contributed by atoms with Crippen molar-refractivity contribution in [2.24, 2.45) is 0 Å². The van der Waals surface area contributed by atoms with E-state index in [0.717, 1.165) is 22.6 Å². The van der Waals surface area contributed by atoms with E-state index >= 15 is 0 Å². The van der Waals surface area contributed by atoms with Crippen molar-refractivity contribution >= 4 is 17.7 Å². The number of hydrogen-bond donors (Lipinski definition) is 1. The van der Waals surface area contributed by atoms with E-state index in [1.54, 1.807) is 0 Å². The summed E-state index contributed by atoms with van der Waals surface area (Å²) in [7, 11) is 0. The maximum absolute atomic E-state index is 12.8. The molecule has 2 aromatic rings. The van der Waals surface area contributed by atoms with Gasteiger partial charge in [-0.15, -0.1) is 0 Å². The van der Waals surface area contributed by atoms with Crippen LogP contribution in [0.15, 0.2) is 52.3 Å². The van der Waals surface area contributed by atoms with E-state index in [2.05, 4.69) is 0 Å². The first-order valence-electron chi connectivity index (χ1n) is 5.96. The summed E-state index contributed by atoms with van der Waals surface area (Å²) >= 11 is 1.22. The van der Waals surface area contributed by atoms with Gasteiger partial charge in [-0.2, -0.15) is 13.2 Å². The second kappa shape index (κ2) is 5.81. The Labute approximate surface area is 123 Å². The number of hydrogen-bond acceptors (Lipinski definition) is 2. The van der Waals surface area contributed by atoms with Crippen LogP contribution < -0.4 is 0 Å². The Morgan fingerprint density at radius 3 is 2.33 bits per heavy atom. The third-order valence-electron chi connectivity index (χ3n) is 2.75. The Morgan fingerprint density at radius 1 is 1.10 bits per heavy atom. The normalized spacial score (nSPS) is 11.4. The minimum atomic E-state index is -4.68. The van der Waals surface area contributed by atoms with E-state index in [9.17, 15) is 18.0 Å². The molecule has 0 bridgehead atoms. The monoisotopic (exact) mass is 312 g/mol. The van der Waals surface area contributed by atoms with Crippen molar-refractivity contribution in [3.63, 3.8) is 0 Å². The summed E-state index contributed by atoms with van der Waals surface area (Å²) in [6, 6.07) is 10.6. The summed E-state index contributed by atoms with van der Waals surface area (Å²) in [6.07, 6.45) is -4.68. The number of carbonyl (C=O) groups is 1. The van der Waals surface area contributed by atoms with Gasteiger partial charge in [0.15, 0.2) is 0 Å². The maximum atomic E-state index is 12.8. The fourth-order valence-corrected chi connectivity index (χ4v) is 2.80. The van der Waals surface area contributed by atoms with Crippen LogP contribution in [-0.2, 0) is 6.18 Å². The van der Waals surface area contributed by atoms with E-state index in [1.807, 2.05) is 31.2 Å². The van der Waals surface area contributed by atoms with E-state index in [1.165, 1.54) is 17.8 Å². The molecule has 0 saturated carbocycles. The molecule has 1 N–H and O–H groups in total. The number of carboxylic acids is 1. The number of rotatable bonds is 3. The molecule has 0 heterocycles. The van der Waals surface area contributed by atoms with Gasteiger partial charge in [0.05, 0.1) is 11.1 Å². The number of alkyl halides is 3. The molecule has 2 aromatic carbocycles. The molecular formula is C15H11F3O2S. The zero-order valence-electron chi connectivity index (χ0n) is 10.9. The van der Waals surface area contributed by atoms with Gasteiger partial charge in [0.2, 0.25) is 0 Å². The standard InChI is InChI=1S/C15H11F3O2S/c1-9-3-2-4-10(7-9)21-11-5-6-13(15(16,17)18)12(8-11)14(19)20/h2-8H,1H3,(H,19,20). The summed E-state index contributed by atoms with van der Waals surface area (Å²) in [5.41, 5.74) is -0.853. The Kier molecular flexibility index (Phi) is 4.27. The Balaban J connectivity index is 2.39. The van der Waals surface area contributed by atoms with Gasteiger partial charge in [0.1, 0.15) is 0 Å². The molecule has 0 saturated heterocycles. The van der Waals surface area contributed by atoms with Crippen molar-refractivity contribution in [1.82, 2.24) is 0 Å². The lowest BCUT2D eigenvalue weighted by molar-refractivity contribution is -0.138. The van der Waals surface area contributed by atoms with Gasteiger partial charge in [-0.1, -0.05) is 29.5 Å². The van der Waals surface area contributed by atoms with Gasteiger partial charge < -0.3 is 5.11 Å². The predicted molar refractivity (Wildman–Crippen MR) is 73.7 cm³/mol. The van der Waals surface area contributed by atoms with E-state index in [0.29, 0.717) is 4.90 Å². The summed E-state index contributed by atoms with van der Waals surface area (Å²) in [6.45, 7) is 1.90. The van der Waals surface area contributed by atoms with Crippen LogP contribution in [0.2, 0.25) is 0 Å². The summed E-state index contributed by atoms with van der Waals surface area (Å²) in [4.78, 5) is 12.3. The van der Waals surface area contributed by atoms with Crippen LogP contribution in [0.3, 0.4) is 0 Å². The van der Waals surface area contributed by atoms with Gasteiger partial charge in [-0.05, 0) is 37.3 Å². The second-order valence-electron chi connectivity index (χ2n) is 4.43. The summed E-state index contributed by atoms with van der Waals surface area (Å²) in [5.74, 6) is -1.59. The number of carboxylic acid groups (broad SMARTS) is 1. The minimum absolute atomic E-state index is 0.450. The molecular weight excluding hydrogens is 301 g/mol. The predicted octanol–water partition coefficient (Wildman–Crippen LogP) is 4.86. The molecule has 0 radical (unpaired) electrons. The summed E-state index contributed by atoms with van der Waals surface area (Å²) in [5, 5.41) is 8.95. The highest BCUT2D eigenvalue weighted by Gasteiger charge is 2.35. The fraction of sp³-hybridized carbons (Fsp3) is 0.133. The molecule has 0 aliphatic rings. The molecule has 21 heavy (non-hydrogen) atoms. The van der Waals surface area contributed by atoms with Crippen molar-refractivity contribution in [2.45, 2.75) is 22.9 Å². The molecule has 6 heteroatoms. The van der Waals surface area contributed by atoms with Gasteiger partial charge in [-0.25, -0.2) is 4.79 Å². The third kappa shape index (κ3) is 3.78. The molecule has 0 aliphatic carbocycles. The molecule has 110 valence electrons. The number of aromatic carboxylic acids is 1. The quantitative estimate of drug-likeness (QED) is 0.879. The van der Waals surface area contributed by atoms with Crippen LogP contribution >= 0.6 is 11.8 Å². The summed E-state index contributed by atoms with van der Waals surface area (Å²) < 4.78 is 38.3. The van der Waals surface area contributed by atoms with E-state index in [-0.39, 0.29) is 0 Å². The van der Waals surface area contributed by atoms with Gasteiger partial charge in [0, 0.05) is 9.79 Å². The van der Waals surface area contributed by atoms with Crippen LogP contribution in [0.1, 0.15) is 21.5 Å². The number of halogens is 3. The van der Waals surface area contributed by atoms with Crippen molar-refractivity contribution < 1.29 is 23.1 Å². The highest BCUT2D eigenvalue weighted by atomic mass is 32.2. The highest BCUT2D eigenvalue weighted by Crippen LogP contribution is 2.36. The van der Waals surface area contributed by atoms with Crippen molar-refractivity contribution in [2.75, 3.05) is 0 Å². The highest BCUT2D eigenvalue weighted by molar-refractivity contribution is 7.99. The molecule has 0 atom stereocenters. The largest absolute Gasteiger partial charge is 0.478 e. The molecule has 2 nitrogen and oxygen atoms in total. The lowest BCUT2D eigenvalue weighted by atomic mass is 10.1. The molecule has 0 amide bonds. The lowest BCUT2D eigenvalue weighted by Crippen LogP contribution is -2.12. The van der Waals surface area contributed by atoms with Crippen LogP contribution in [0.25, 0.3) is 0 Å². The SMILES string of the molecule is Cc1cccc(Sc2ccc(C(F)(F)F)c(C(=O)O)c2)c1. The molecule has 2 rings (SSSR count). The third-order valence-corrected chi connectivity index (χ3v) is 3.73. The topological polar surface area (TPSA) is 37.3 Å². The lowest BCUT2D eigenvalue weighted by Gasteiger charge is -2.11.